The van der Waals surface area contributed by atoms with Crippen molar-refractivity contribution in [1.82, 2.24) is 24.7 Å². The third kappa shape index (κ3) is 4.64. The summed E-state index contributed by atoms with van der Waals surface area (Å²) in [5.74, 6) is 0. The molecule has 4 aromatic rings. The summed E-state index contributed by atoms with van der Waals surface area (Å²) < 4.78 is 19.1. The summed E-state index contributed by atoms with van der Waals surface area (Å²) in [6.45, 7) is 6.06. The number of anilines is 1. The minimum atomic E-state index is -0.804. The maximum atomic E-state index is 10.1. The number of aromatic nitrogens is 5. The van der Waals surface area contributed by atoms with Crippen molar-refractivity contribution < 1.29 is 24.4 Å². The van der Waals surface area contributed by atoms with Gasteiger partial charge in [0.1, 0.15) is 18.3 Å². The van der Waals surface area contributed by atoms with Crippen LogP contribution in [0.5, 0.6) is 6.01 Å². The van der Waals surface area contributed by atoms with Crippen molar-refractivity contribution in [3.8, 4) is 17.3 Å². The normalized spacial score (nSPS) is 24.5. The number of H-pyrrole nitrogens is 1. The Kier molecular flexibility index (Phi) is 5.83. The van der Waals surface area contributed by atoms with E-state index >= 15 is 0 Å². The van der Waals surface area contributed by atoms with Gasteiger partial charge in [0.2, 0.25) is 0 Å². The lowest BCUT2D eigenvalue weighted by Gasteiger charge is -2.20. The van der Waals surface area contributed by atoms with Gasteiger partial charge in [-0.3, -0.25) is 4.68 Å². The van der Waals surface area contributed by atoms with E-state index in [1.165, 1.54) is 5.56 Å². The molecule has 2 saturated heterocycles. The lowest BCUT2D eigenvalue weighted by molar-refractivity contribution is 0.00706. The zero-order chi connectivity index (χ0) is 26.9. The molecule has 12 heteroatoms. The van der Waals surface area contributed by atoms with Crippen LogP contribution in [0.15, 0.2) is 36.5 Å². The van der Waals surface area contributed by atoms with E-state index < -0.39 is 11.7 Å². The molecule has 2 fully saturated rings. The lowest BCUT2D eigenvalue weighted by Crippen LogP contribution is -2.34. The van der Waals surface area contributed by atoms with Gasteiger partial charge in [0.15, 0.2) is 11.8 Å². The fourth-order valence-corrected chi connectivity index (χ4v) is 5.80. The Morgan fingerprint density at radius 1 is 1.13 bits per heavy atom. The highest BCUT2D eigenvalue weighted by Gasteiger charge is 2.48. The third-order valence-corrected chi connectivity index (χ3v) is 7.62. The highest BCUT2D eigenvalue weighted by atomic mass is 35.5. The number of aromatic amines is 1. The average molecular weight is 553 g/mol. The second kappa shape index (κ2) is 9.17. The molecule has 0 saturated carbocycles. The van der Waals surface area contributed by atoms with Gasteiger partial charge in [-0.1, -0.05) is 23.7 Å². The van der Waals surface area contributed by atoms with Crippen molar-refractivity contribution in [3.05, 3.63) is 52.8 Å². The first-order valence-electron chi connectivity index (χ1n) is 13.0. The molecule has 0 radical (unpaired) electrons. The van der Waals surface area contributed by atoms with Gasteiger partial charge in [0.25, 0.3) is 6.01 Å². The standard InChI is InChI=1S/C27H29ClN6O5/c1-27(2,36)13-34-9-15-8-33(10-19(15)32-34)16-5-3-14(4-6-16)22-17(28)7-18-25(30-22)31-26(29-18)39-21-12-38-23-20(35)11-37-24(21)23/h3-7,9,20-21,23-24,35-36H,8,10-13H2,1-2H3,(H,29,30,31). The number of ether oxygens (including phenoxy) is 3. The van der Waals surface area contributed by atoms with E-state index in [2.05, 4.69) is 32.1 Å². The monoisotopic (exact) mass is 552 g/mol. The second-order valence-electron chi connectivity index (χ2n) is 11.1. The van der Waals surface area contributed by atoms with Crippen LogP contribution >= 0.6 is 11.6 Å². The number of fused-ring (bicyclic) bond motifs is 3. The van der Waals surface area contributed by atoms with E-state index in [-0.39, 0.29) is 24.9 Å². The number of nitrogens with one attached hydrogen (secondary N) is 1. The van der Waals surface area contributed by atoms with E-state index in [4.69, 9.17) is 30.8 Å². The molecule has 4 atom stereocenters. The zero-order valence-corrected chi connectivity index (χ0v) is 22.3. The Balaban J connectivity index is 1.06. The number of aliphatic hydroxyl groups excluding tert-OH is 1. The SMILES string of the molecule is CC(C)(O)Cn1cc2c(n1)CN(c1ccc(-c3nc4nc(OC5COC6C(O)COC56)[nH]c4cc3Cl)cc1)C2. The molecular formula is C27H29ClN6O5. The minimum absolute atomic E-state index is 0.237. The average Bonchev–Trinajstić information content (AvgIpc) is 3.67. The minimum Gasteiger partial charge on any atom is -0.456 e. The Bertz CT molecular complexity index is 1510. The predicted molar refractivity (Wildman–Crippen MR) is 143 cm³/mol. The van der Waals surface area contributed by atoms with Crippen LogP contribution in [0.25, 0.3) is 22.4 Å². The molecule has 3 aromatic heterocycles. The first-order chi connectivity index (χ1) is 18.7. The lowest BCUT2D eigenvalue weighted by atomic mass is 10.1. The molecule has 0 bridgehead atoms. The number of imidazole rings is 1. The molecule has 11 nitrogen and oxygen atoms in total. The van der Waals surface area contributed by atoms with Crippen LogP contribution in [0.1, 0.15) is 25.1 Å². The zero-order valence-electron chi connectivity index (χ0n) is 21.5. The summed E-state index contributed by atoms with van der Waals surface area (Å²) in [7, 11) is 0. The van der Waals surface area contributed by atoms with Crippen LogP contribution in [0.2, 0.25) is 5.02 Å². The number of hydrogen-bond donors (Lipinski definition) is 3. The van der Waals surface area contributed by atoms with Crippen LogP contribution in [-0.2, 0) is 29.1 Å². The van der Waals surface area contributed by atoms with E-state index in [1.54, 1.807) is 19.9 Å². The van der Waals surface area contributed by atoms with Crippen LogP contribution in [0, 0.1) is 0 Å². The van der Waals surface area contributed by atoms with Crippen molar-refractivity contribution in [3.63, 3.8) is 0 Å². The number of rotatable bonds is 6. The van der Waals surface area contributed by atoms with Crippen molar-refractivity contribution in [2.75, 3.05) is 18.1 Å². The molecule has 7 rings (SSSR count). The van der Waals surface area contributed by atoms with Gasteiger partial charge in [-0.2, -0.15) is 10.1 Å². The van der Waals surface area contributed by atoms with E-state index in [0.29, 0.717) is 47.6 Å². The van der Waals surface area contributed by atoms with E-state index in [9.17, 15) is 10.2 Å². The van der Waals surface area contributed by atoms with Crippen LogP contribution in [0.4, 0.5) is 5.69 Å². The Morgan fingerprint density at radius 3 is 2.69 bits per heavy atom. The third-order valence-electron chi connectivity index (χ3n) is 7.33. The van der Waals surface area contributed by atoms with Gasteiger partial charge in [0, 0.05) is 29.6 Å². The fourth-order valence-electron chi connectivity index (χ4n) is 5.54. The van der Waals surface area contributed by atoms with E-state index in [0.717, 1.165) is 23.5 Å². The summed E-state index contributed by atoms with van der Waals surface area (Å²) in [6, 6.07) is 10.2. The molecule has 0 aliphatic carbocycles. The van der Waals surface area contributed by atoms with Crippen LogP contribution in [0.3, 0.4) is 0 Å². The maximum Gasteiger partial charge on any atom is 0.296 e. The van der Waals surface area contributed by atoms with Crippen molar-refractivity contribution >= 4 is 28.5 Å². The molecule has 6 heterocycles. The molecule has 1 aromatic carbocycles. The summed E-state index contributed by atoms with van der Waals surface area (Å²) in [6.07, 6.45) is 0.305. The molecule has 3 aliphatic rings. The number of pyridine rings is 1. The molecule has 0 amide bonds. The van der Waals surface area contributed by atoms with Crippen molar-refractivity contribution in [1.29, 1.82) is 0 Å². The van der Waals surface area contributed by atoms with Crippen molar-refractivity contribution in [2.24, 2.45) is 0 Å². The topological polar surface area (TPSA) is 131 Å². The first-order valence-corrected chi connectivity index (χ1v) is 13.4. The number of aliphatic hydroxyl groups is 2. The summed E-state index contributed by atoms with van der Waals surface area (Å²) in [5.41, 5.74) is 5.14. The summed E-state index contributed by atoms with van der Waals surface area (Å²) >= 11 is 6.62. The molecule has 3 aliphatic heterocycles. The van der Waals surface area contributed by atoms with E-state index in [1.807, 2.05) is 23.0 Å². The number of halogens is 1. The van der Waals surface area contributed by atoms with Crippen molar-refractivity contribution in [2.45, 2.75) is 63.5 Å². The second-order valence-corrected chi connectivity index (χ2v) is 11.5. The number of benzene rings is 1. The van der Waals surface area contributed by atoms with Gasteiger partial charge in [0.05, 0.1) is 53.8 Å². The molecule has 0 spiro atoms. The van der Waals surface area contributed by atoms with Crippen LogP contribution in [-0.4, -0.2) is 78.2 Å². The first kappa shape index (κ1) is 24.8. The highest BCUT2D eigenvalue weighted by Crippen LogP contribution is 2.34. The quantitative estimate of drug-likeness (QED) is 0.330. The molecular weight excluding hydrogens is 524 g/mol. The fraction of sp³-hybridized carbons (Fsp3) is 0.444. The number of nitrogens with zero attached hydrogens (tertiary/aromatic N) is 5. The van der Waals surface area contributed by atoms with Gasteiger partial charge >= 0.3 is 0 Å². The largest absolute Gasteiger partial charge is 0.456 e. The van der Waals surface area contributed by atoms with Crippen LogP contribution < -0.4 is 9.64 Å². The van der Waals surface area contributed by atoms with Gasteiger partial charge < -0.3 is 34.3 Å². The van der Waals surface area contributed by atoms with Gasteiger partial charge in [-0.25, -0.2) is 4.98 Å². The van der Waals surface area contributed by atoms with Gasteiger partial charge in [-0.15, -0.1) is 0 Å². The molecule has 3 N–H and O–H groups in total. The highest BCUT2D eigenvalue weighted by molar-refractivity contribution is 6.33. The molecule has 204 valence electrons. The molecule has 39 heavy (non-hydrogen) atoms. The Hall–Kier alpha value is -3.22. The maximum absolute atomic E-state index is 10.1. The molecule has 4 unspecified atom stereocenters. The summed E-state index contributed by atoms with van der Waals surface area (Å²) in [4.78, 5) is 14.6. The Labute approximate surface area is 229 Å². The number of hydrogen-bond acceptors (Lipinski definition) is 9. The Morgan fingerprint density at radius 2 is 1.92 bits per heavy atom. The summed E-state index contributed by atoms with van der Waals surface area (Å²) in [5, 5.41) is 25.2. The predicted octanol–water partition coefficient (Wildman–Crippen LogP) is 2.67. The smallest absolute Gasteiger partial charge is 0.296 e. The van der Waals surface area contributed by atoms with Gasteiger partial charge in [-0.05, 0) is 32.0 Å².